The summed E-state index contributed by atoms with van der Waals surface area (Å²) in [5, 5.41) is 10.6. The maximum Gasteiger partial charge on any atom is 0.228 e. The van der Waals surface area contributed by atoms with Crippen molar-refractivity contribution < 1.29 is 9.26 Å². The largest absolute Gasteiger partial charge is 0.487 e. The van der Waals surface area contributed by atoms with Crippen molar-refractivity contribution in [3.05, 3.63) is 41.5 Å². The van der Waals surface area contributed by atoms with Gasteiger partial charge in [0.15, 0.2) is 11.8 Å². The Labute approximate surface area is 147 Å². The number of aromatic nitrogens is 2. The quantitative estimate of drug-likeness (QED) is 0.655. The number of guanidine groups is 1. The monoisotopic (exact) mass is 343 g/mol. The predicted molar refractivity (Wildman–Crippen MR) is 95.7 cm³/mol. The molecule has 2 heterocycles. The van der Waals surface area contributed by atoms with E-state index in [2.05, 4.69) is 45.7 Å². The first-order chi connectivity index (χ1) is 12.0. The van der Waals surface area contributed by atoms with Gasteiger partial charge in [0.25, 0.3) is 0 Å². The Morgan fingerprint density at radius 3 is 2.88 bits per heavy atom. The lowest BCUT2D eigenvalue weighted by molar-refractivity contribution is 0.0694. The lowest BCUT2D eigenvalue weighted by atomic mass is 9.90. The van der Waals surface area contributed by atoms with Gasteiger partial charge in [-0.25, -0.2) is 0 Å². The second kappa shape index (κ2) is 7.13. The van der Waals surface area contributed by atoms with Crippen molar-refractivity contribution in [3.63, 3.8) is 0 Å². The van der Waals surface area contributed by atoms with Gasteiger partial charge in [-0.3, -0.25) is 4.99 Å². The van der Waals surface area contributed by atoms with Gasteiger partial charge in [0.1, 0.15) is 11.4 Å². The van der Waals surface area contributed by atoms with Crippen LogP contribution in [0.3, 0.4) is 0 Å². The summed E-state index contributed by atoms with van der Waals surface area (Å²) in [5.74, 6) is 2.94. The van der Waals surface area contributed by atoms with Gasteiger partial charge in [0, 0.05) is 32.0 Å². The third kappa shape index (κ3) is 4.29. The van der Waals surface area contributed by atoms with E-state index in [1.807, 2.05) is 25.1 Å². The molecule has 0 bridgehead atoms. The number of ether oxygens (including phenoxy) is 1. The number of hydrogen-bond acceptors (Lipinski definition) is 5. The van der Waals surface area contributed by atoms with Gasteiger partial charge in [0.05, 0.1) is 6.04 Å². The zero-order valence-corrected chi connectivity index (χ0v) is 15.2. The molecule has 0 saturated carbocycles. The first-order valence-corrected chi connectivity index (χ1v) is 8.51. The fourth-order valence-corrected chi connectivity index (χ4v) is 3.02. The van der Waals surface area contributed by atoms with Crippen LogP contribution >= 0.6 is 0 Å². The number of rotatable bonds is 4. The molecule has 7 heteroatoms. The molecule has 1 aliphatic rings. The number of para-hydroxylation sites is 1. The second-order valence-corrected chi connectivity index (χ2v) is 6.78. The lowest BCUT2D eigenvalue weighted by Crippen LogP contribution is -2.45. The van der Waals surface area contributed by atoms with Gasteiger partial charge in [-0.15, -0.1) is 0 Å². The molecule has 2 N–H and O–H groups in total. The van der Waals surface area contributed by atoms with E-state index in [9.17, 15) is 0 Å². The highest BCUT2D eigenvalue weighted by Gasteiger charge is 2.33. The highest BCUT2D eigenvalue weighted by Crippen LogP contribution is 2.39. The van der Waals surface area contributed by atoms with Gasteiger partial charge in [-0.2, -0.15) is 4.98 Å². The number of nitrogens with zero attached hydrogens (tertiary/aromatic N) is 3. The molecule has 1 aromatic carbocycles. The first-order valence-electron chi connectivity index (χ1n) is 8.51. The van der Waals surface area contributed by atoms with E-state index in [0.717, 1.165) is 23.7 Å². The average Bonchev–Trinajstić information content (AvgIpc) is 2.98. The van der Waals surface area contributed by atoms with Crippen molar-refractivity contribution in [1.29, 1.82) is 0 Å². The van der Waals surface area contributed by atoms with Crippen molar-refractivity contribution in [2.45, 2.75) is 45.3 Å². The standard InChI is InChI=1S/C18H25N5O2/c1-12-21-16(25-23-12)9-10-20-17(19-4)22-14-11-18(2,3)24-15-8-6-5-7-13(14)15/h5-8,14H,9-11H2,1-4H3,(H2,19,20,22). The smallest absolute Gasteiger partial charge is 0.228 e. The molecule has 134 valence electrons. The van der Waals surface area contributed by atoms with Crippen LogP contribution in [-0.4, -0.2) is 35.3 Å². The first kappa shape index (κ1) is 17.3. The molecule has 0 fully saturated rings. The van der Waals surface area contributed by atoms with Gasteiger partial charge >= 0.3 is 0 Å². The third-order valence-corrected chi connectivity index (χ3v) is 4.11. The van der Waals surface area contributed by atoms with E-state index < -0.39 is 0 Å². The number of aryl methyl sites for hydroxylation is 1. The molecule has 0 spiro atoms. The van der Waals surface area contributed by atoms with Gasteiger partial charge in [-0.1, -0.05) is 23.4 Å². The lowest BCUT2D eigenvalue weighted by Gasteiger charge is -2.38. The molecule has 2 aromatic rings. The van der Waals surface area contributed by atoms with Crippen LogP contribution in [0.25, 0.3) is 0 Å². The van der Waals surface area contributed by atoms with Gasteiger partial charge < -0.3 is 19.9 Å². The second-order valence-electron chi connectivity index (χ2n) is 6.78. The van der Waals surface area contributed by atoms with E-state index in [1.165, 1.54) is 0 Å². The molecule has 7 nitrogen and oxygen atoms in total. The summed E-state index contributed by atoms with van der Waals surface area (Å²) in [5.41, 5.74) is 0.920. The fourth-order valence-electron chi connectivity index (χ4n) is 3.02. The van der Waals surface area contributed by atoms with Crippen LogP contribution in [0.15, 0.2) is 33.8 Å². The average molecular weight is 343 g/mol. The highest BCUT2D eigenvalue weighted by atomic mass is 16.5. The Morgan fingerprint density at radius 1 is 1.36 bits per heavy atom. The normalized spacial score (nSPS) is 19.0. The molecule has 0 saturated heterocycles. The van der Waals surface area contributed by atoms with E-state index in [-0.39, 0.29) is 11.6 Å². The topological polar surface area (TPSA) is 84.6 Å². The zero-order valence-electron chi connectivity index (χ0n) is 15.2. The maximum atomic E-state index is 6.08. The zero-order chi connectivity index (χ0) is 17.9. The van der Waals surface area contributed by atoms with Crippen LogP contribution in [0.5, 0.6) is 5.75 Å². The maximum absolute atomic E-state index is 6.08. The van der Waals surface area contributed by atoms with Crippen molar-refractivity contribution in [1.82, 2.24) is 20.8 Å². The van der Waals surface area contributed by atoms with Crippen molar-refractivity contribution in [2.75, 3.05) is 13.6 Å². The van der Waals surface area contributed by atoms with Crippen LogP contribution in [0.2, 0.25) is 0 Å². The fraction of sp³-hybridized carbons (Fsp3) is 0.500. The SMILES string of the molecule is CN=C(NCCc1nc(C)no1)NC1CC(C)(C)Oc2ccccc21. The molecular formula is C18H25N5O2. The summed E-state index contributed by atoms with van der Waals surface area (Å²) in [6.45, 7) is 6.68. The van der Waals surface area contributed by atoms with Crippen molar-refractivity contribution in [3.8, 4) is 5.75 Å². The van der Waals surface area contributed by atoms with E-state index >= 15 is 0 Å². The summed E-state index contributed by atoms with van der Waals surface area (Å²) in [6.07, 6.45) is 1.50. The van der Waals surface area contributed by atoms with Crippen LogP contribution < -0.4 is 15.4 Å². The van der Waals surface area contributed by atoms with Crippen LogP contribution in [0.4, 0.5) is 0 Å². The molecule has 0 radical (unpaired) electrons. The molecule has 1 aromatic heterocycles. The number of benzene rings is 1. The number of nitrogens with one attached hydrogen (secondary N) is 2. The summed E-state index contributed by atoms with van der Waals surface area (Å²) < 4.78 is 11.2. The molecular weight excluding hydrogens is 318 g/mol. The molecule has 1 atom stereocenters. The molecule has 0 aliphatic carbocycles. The summed E-state index contributed by atoms with van der Waals surface area (Å²) in [7, 11) is 1.77. The Kier molecular flexibility index (Phi) is 4.92. The van der Waals surface area contributed by atoms with Gasteiger partial charge in [-0.05, 0) is 26.8 Å². The minimum absolute atomic E-state index is 0.136. The van der Waals surface area contributed by atoms with Crippen molar-refractivity contribution >= 4 is 5.96 Å². The minimum Gasteiger partial charge on any atom is -0.487 e. The molecule has 0 amide bonds. The molecule has 25 heavy (non-hydrogen) atoms. The molecule has 3 rings (SSSR count). The summed E-state index contributed by atoms with van der Waals surface area (Å²) in [6, 6.07) is 8.27. The number of hydrogen-bond donors (Lipinski definition) is 2. The van der Waals surface area contributed by atoms with E-state index in [4.69, 9.17) is 9.26 Å². The Hall–Kier alpha value is -2.57. The summed E-state index contributed by atoms with van der Waals surface area (Å²) in [4.78, 5) is 8.53. The summed E-state index contributed by atoms with van der Waals surface area (Å²) >= 11 is 0. The number of fused-ring (bicyclic) bond motifs is 1. The Bertz CT molecular complexity index is 753. The predicted octanol–water partition coefficient (Wildman–Crippen LogP) is 2.39. The third-order valence-electron chi connectivity index (χ3n) is 4.11. The number of aliphatic imine (C=N–C) groups is 1. The Balaban J connectivity index is 1.63. The van der Waals surface area contributed by atoms with Crippen LogP contribution in [-0.2, 0) is 6.42 Å². The Morgan fingerprint density at radius 2 is 2.16 bits per heavy atom. The van der Waals surface area contributed by atoms with Crippen LogP contribution in [0.1, 0.15) is 43.6 Å². The highest BCUT2D eigenvalue weighted by molar-refractivity contribution is 5.80. The van der Waals surface area contributed by atoms with Gasteiger partial charge in [0.2, 0.25) is 5.89 Å². The minimum atomic E-state index is -0.230. The molecule has 1 unspecified atom stereocenters. The van der Waals surface area contributed by atoms with Crippen LogP contribution in [0, 0.1) is 6.92 Å². The van der Waals surface area contributed by atoms with E-state index in [1.54, 1.807) is 7.05 Å². The molecule has 1 aliphatic heterocycles. The van der Waals surface area contributed by atoms with Crippen molar-refractivity contribution in [2.24, 2.45) is 4.99 Å². The van der Waals surface area contributed by atoms with E-state index in [0.29, 0.717) is 24.7 Å².